The second kappa shape index (κ2) is 5.83. The van der Waals surface area contributed by atoms with E-state index >= 15 is 0 Å². The minimum Gasteiger partial charge on any atom is -0.463 e. The molecule has 8 nitrogen and oxygen atoms in total. The van der Waals surface area contributed by atoms with Gasteiger partial charge in [-0.2, -0.15) is 20.1 Å². The maximum Gasteiger partial charge on any atom is 0.323 e. The molecule has 8 heteroatoms. The molecule has 3 rings (SSSR count). The Hall–Kier alpha value is -2.22. The molecular formula is C12H16N6O2. The van der Waals surface area contributed by atoms with E-state index in [-0.39, 0.29) is 0 Å². The topological polar surface area (TPSA) is 87.0 Å². The molecule has 1 N–H and O–H groups in total. The van der Waals surface area contributed by atoms with Crippen molar-refractivity contribution in [2.45, 2.75) is 6.42 Å². The van der Waals surface area contributed by atoms with Crippen LogP contribution in [0.5, 0.6) is 6.01 Å². The Morgan fingerprint density at radius 2 is 2.40 bits per heavy atom. The van der Waals surface area contributed by atoms with Gasteiger partial charge < -0.3 is 14.8 Å². The summed E-state index contributed by atoms with van der Waals surface area (Å²) in [7, 11) is 1.75. The van der Waals surface area contributed by atoms with Gasteiger partial charge in [0.2, 0.25) is 5.95 Å². The molecule has 1 atom stereocenters. The first-order chi connectivity index (χ1) is 9.85. The minimum absolute atomic E-state index is 0.293. The fourth-order valence-electron chi connectivity index (χ4n) is 1.92. The third-order valence-electron chi connectivity index (χ3n) is 3.01. The third-order valence-corrected chi connectivity index (χ3v) is 3.01. The first-order valence-corrected chi connectivity index (χ1v) is 6.49. The number of ether oxygens (including phenoxy) is 2. The fraction of sp³-hybridized carbons (Fsp3) is 0.500. The monoisotopic (exact) mass is 276 g/mol. The highest BCUT2D eigenvalue weighted by atomic mass is 16.5. The molecule has 0 spiro atoms. The molecule has 0 radical (unpaired) electrons. The van der Waals surface area contributed by atoms with E-state index in [9.17, 15) is 0 Å². The highest BCUT2D eigenvalue weighted by molar-refractivity contribution is 5.28. The van der Waals surface area contributed by atoms with E-state index in [2.05, 4.69) is 25.4 Å². The van der Waals surface area contributed by atoms with Gasteiger partial charge in [0, 0.05) is 32.0 Å². The van der Waals surface area contributed by atoms with Crippen molar-refractivity contribution in [3.05, 3.63) is 18.5 Å². The molecule has 1 saturated heterocycles. The number of aromatic nitrogens is 5. The van der Waals surface area contributed by atoms with Crippen molar-refractivity contribution in [1.29, 1.82) is 0 Å². The van der Waals surface area contributed by atoms with Crippen LogP contribution in [0, 0.1) is 5.92 Å². The van der Waals surface area contributed by atoms with Crippen LogP contribution in [0.3, 0.4) is 0 Å². The van der Waals surface area contributed by atoms with Crippen molar-refractivity contribution >= 4 is 5.95 Å². The van der Waals surface area contributed by atoms with E-state index in [1.165, 1.54) is 0 Å². The van der Waals surface area contributed by atoms with Crippen LogP contribution in [0.25, 0.3) is 5.95 Å². The molecule has 1 unspecified atom stereocenters. The zero-order chi connectivity index (χ0) is 13.8. The second-order valence-corrected chi connectivity index (χ2v) is 4.48. The highest BCUT2D eigenvalue weighted by Gasteiger charge is 2.17. The summed E-state index contributed by atoms with van der Waals surface area (Å²) in [6, 6.07) is 2.10. The third kappa shape index (κ3) is 2.85. The van der Waals surface area contributed by atoms with Crippen LogP contribution in [-0.2, 0) is 4.74 Å². The molecule has 1 aliphatic heterocycles. The fourth-order valence-corrected chi connectivity index (χ4v) is 1.92. The molecule has 3 heterocycles. The Kier molecular flexibility index (Phi) is 3.73. The van der Waals surface area contributed by atoms with E-state index in [4.69, 9.17) is 9.47 Å². The largest absolute Gasteiger partial charge is 0.463 e. The summed E-state index contributed by atoms with van der Waals surface area (Å²) in [6.45, 7) is 2.08. The van der Waals surface area contributed by atoms with Gasteiger partial charge in [0.1, 0.15) is 0 Å². The molecule has 0 aromatic carbocycles. The molecule has 1 aliphatic rings. The predicted octanol–water partition coefficient (Wildman–Crippen LogP) is 0.514. The molecule has 0 aliphatic carbocycles. The summed E-state index contributed by atoms with van der Waals surface area (Å²) >= 11 is 0. The van der Waals surface area contributed by atoms with Gasteiger partial charge in [-0.1, -0.05) is 0 Å². The first-order valence-electron chi connectivity index (χ1n) is 6.49. The van der Waals surface area contributed by atoms with Crippen LogP contribution in [0.15, 0.2) is 18.5 Å². The van der Waals surface area contributed by atoms with Crippen LogP contribution < -0.4 is 10.1 Å². The second-order valence-electron chi connectivity index (χ2n) is 4.48. The quantitative estimate of drug-likeness (QED) is 0.851. The van der Waals surface area contributed by atoms with Crippen molar-refractivity contribution < 1.29 is 9.47 Å². The Morgan fingerprint density at radius 1 is 1.45 bits per heavy atom. The Labute approximate surface area is 116 Å². The van der Waals surface area contributed by atoms with E-state index in [0.29, 0.717) is 30.4 Å². The van der Waals surface area contributed by atoms with Gasteiger partial charge in [0.15, 0.2) is 0 Å². The lowest BCUT2D eigenvalue weighted by Crippen LogP contribution is -2.15. The van der Waals surface area contributed by atoms with Gasteiger partial charge in [0.25, 0.3) is 5.95 Å². The lowest BCUT2D eigenvalue weighted by Gasteiger charge is -2.10. The normalized spacial score (nSPS) is 18.1. The van der Waals surface area contributed by atoms with Crippen molar-refractivity contribution in [3.8, 4) is 12.0 Å². The maximum atomic E-state index is 5.65. The lowest BCUT2D eigenvalue weighted by molar-refractivity contribution is 0.163. The summed E-state index contributed by atoms with van der Waals surface area (Å²) in [4.78, 5) is 12.7. The van der Waals surface area contributed by atoms with Crippen molar-refractivity contribution in [2.75, 3.05) is 32.2 Å². The van der Waals surface area contributed by atoms with Crippen LogP contribution in [0.4, 0.5) is 5.95 Å². The van der Waals surface area contributed by atoms with Crippen LogP contribution in [0.2, 0.25) is 0 Å². The Morgan fingerprint density at radius 3 is 3.10 bits per heavy atom. The number of hydrogen-bond donors (Lipinski definition) is 1. The van der Waals surface area contributed by atoms with E-state index in [1.54, 1.807) is 30.2 Å². The molecule has 106 valence electrons. The predicted molar refractivity (Wildman–Crippen MR) is 70.9 cm³/mol. The molecule has 2 aromatic heterocycles. The zero-order valence-electron chi connectivity index (χ0n) is 11.2. The van der Waals surface area contributed by atoms with E-state index in [0.717, 1.165) is 19.6 Å². The van der Waals surface area contributed by atoms with Crippen LogP contribution in [-0.4, -0.2) is 51.6 Å². The van der Waals surface area contributed by atoms with Gasteiger partial charge in [-0.25, -0.2) is 4.68 Å². The van der Waals surface area contributed by atoms with Crippen molar-refractivity contribution in [2.24, 2.45) is 5.92 Å². The SMILES string of the molecule is CNc1nc(OCC2CCOC2)nc(-n2cccn2)n1. The summed E-state index contributed by atoms with van der Waals surface area (Å²) in [5, 5.41) is 6.99. The molecule has 0 saturated carbocycles. The number of anilines is 1. The molecular weight excluding hydrogens is 260 g/mol. The number of hydrogen-bond acceptors (Lipinski definition) is 7. The Balaban J connectivity index is 1.77. The van der Waals surface area contributed by atoms with Gasteiger partial charge in [-0.3, -0.25) is 0 Å². The summed E-state index contributed by atoms with van der Waals surface area (Å²) in [6.07, 6.45) is 4.44. The summed E-state index contributed by atoms with van der Waals surface area (Å²) in [5.74, 6) is 1.27. The van der Waals surface area contributed by atoms with Crippen LogP contribution >= 0.6 is 0 Å². The summed E-state index contributed by atoms with van der Waals surface area (Å²) < 4.78 is 12.5. The van der Waals surface area contributed by atoms with E-state index in [1.807, 2.05) is 0 Å². The summed E-state index contributed by atoms with van der Waals surface area (Å²) in [5.41, 5.74) is 0. The molecule has 20 heavy (non-hydrogen) atoms. The van der Waals surface area contributed by atoms with E-state index < -0.39 is 0 Å². The van der Waals surface area contributed by atoms with Gasteiger partial charge in [-0.05, 0) is 12.5 Å². The first kappa shape index (κ1) is 12.8. The lowest BCUT2D eigenvalue weighted by atomic mass is 10.1. The van der Waals surface area contributed by atoms with Crippen molar-refractivity contribution in [1.82, 2.24) is 24.7 Å². The minimum atomic E-state index is 0.293. The Bertz CT molecular complexity index is 553. The smallest absolute Gasteiger partial charge is 0.323 e. The standard InChI is InChI=1S/C12H16N6O2/c1-13-10-15-11(18-5-2-4-14-18)17-12(16-10)20-8-9-3-6-19-7-9/h2,4-5,9H,3,6-8H2,1H3,(H,13,15,16,17). The van der Waals surface area contributed by atoms with Crippen molar-refractivity contribution in [3.63, 3.8) is 0 Å². The molecule has 0 bridgehead atoms. The van der Waals surface area contributed by atoms with Gasteiger partial charge in [0.05, 0.1) is 13.2 Å². The molecule has 1 fully saturated rings. The number of rotatable bonds is 5. The average Bonchev–Trinajstić information content (AvgIpc) is 3.17. The number of nitrogens with zero attached hydrogens (tertiary/aromatic N) is 5. The maximum absolute atomic E-state index is 5.65. The highest BCUT2D eigenvalue weighted by Crippen LogP contribution is 2.15. The van der Waals surface area contributed by atoms with Gasteiger partial charge >= 0.3 is 6.01 Å². The molecule has 2 aromatic rings. The van der Waals surface area contributed by atoms with Gasteiger partial charge in [-0.15, -0.1) is 0 Å². The number of nitrogens with one attached hydrogen (secondary N) is 1. The average molecular weight is 276 g/mol. The molecule has 0 amide bonds. The zero-order valence-corrected chi connectivity index (χ0v) is 11.2. The van der Waals surface area contributed by atoms with Crippen LogP contribution in [0.1, 0.15) is 6.42 Å².